The van der Waals surface area contributed by atoms with Gasteiger partial charge in [-0.2, -0.15) is 0 Å². The number of nitrogens with one attached hydrogen (secondary N) is 3. The molecule has 0 aliphatic heterocycles. The highest BCUT2D eigenvalue weighted by atomic mass is 35.5. The largest absolute Gasteiger partial charge is 0.325 e. The quantitative estimate of drug-likeness (QED) is 0.183. The summed E-state index contributed by atoms with van der Waals surface area (Å²) in [4.78, 5) is 24.6. The van der Waals surface area contributed by atoms with Gasteiger partial charge in [0.25, 0.3) is 0 Å². The Labute approximate surface area is 274 Å². The van der Waals surface area contributed by atoms with Crippen LogP contribution >= 0.6 is 11.6 Å². The fourth-order valence-electron chi connectivity index (χ4n) is 4.71. The summed E-state index contributed by atoms with van der Waals surface area (Å²) in [5.74, 6) is 0.141. The lowest BCUT2D eigenvalue weighted by Gasteiger charge is -2.22. The van der Waals surface area contributed by atoms with Crippen LogP contribution in [-0.4, -0.2) is 18.9 Å². The molecule has 0 radical (unpaired) electrons. The third-order valence-corrected chi connectivity index (χ3v) is 7.99. The Morgan fingerprint density at radius 1 is 0.644 bits per heavy atom. The Hall–Kier alpha value is -3.93. The molecule has 6 heteroatoms. The summed E-state index contributed by atoms with van der Waals surface area (Å²) in [7, 11) is 1.97. The highest BCUT2D eigenvalue weighted by molar-refractivity contribution is 6.31. The van der Waals surface area contributed by atoms with E-state index in [2.05, 4.69) is 41.1 Å². The van der Waals surface area contributed by atoms with Crippen molar-refractivity contribution in [3.63, 3.8) is 0 Å². The third-order valence-electron chi connectivity index (χ3n) is 7.65. The van der Waals surface area contributed by atoms with Gasteiger partial charge in [-0.15, -0.1) is 0 Å². The van der Waals surface area contributed by atoms with Crippen LogP contribution in [0.25, 0.3) is 0 Å². The summed E-state index contributed by atoms with van der Waals surface area (Å²) in [6, 6.07) is 34.3. The van der Waals surface area contributed by atoms with Crippen LogP contribution in [0.4, 0.5) is 11.4 Å². The molecule has 2 unspecified atom stereocenters. The van der Waals surface area contributed by atoms with E-state index in [4.69, 9.17) is 11.6 Å². The Morgan fingerprint density at radius 2 is 1.11 bits per heavy atom. The van der Waals surface area contributed by atoms with Crippen molar-refractivity contribution >= 4 is 34.8 Å². The molecule has 0 spiro atoms. The molecule has 0 heterocycles. The van der Waals surface area contributed by atoms with Gasteiger partial charge in [0.1, 0.15) is 0 Å². The first-order valence-corrected chi connectivity index (χ1v) is 15.9. The average molecular weight is 626 g/mol. The van der Waals surface area contributed by atoms with Gasteiger partial charge in [0.2, 0.25) is 11.8 Å². The van der Waals surface area contributed by atoms with Gasteiger partial charge >= 0.3 is 0 Å². The highest BCUT2D eigenvalue weighted by Gasteiger charge is 2.24. The average Bonchev–Trinajstić information content (AvgIpc) is 3.00. The van der Waals surface area contributed by atoms with E-state index in [0.29, 0.717) is 0 Å². The third kappa shape index (κ3) is 10.3. The number of para-hydroxylation sites is 2. The Bertz CT molecular complexity index is 1550. The van der Waals surface area contributed by atoms with Crippen LogP contribution in [0.15, 0.2) is 103 Å². The number of hydrogen-bond acceptors (Lipinski definition) is 3. The molecule has 4 aromatic carbocycles. The number of carbonyl (C=O) groups is 2. The topological polar surface area (TPSA) is 70.2 Å². The standard InChI is InChI=1S/C20H26N2O.C19H22ClNO/c1-20(2,3)19(23)22-17-13-9-8-12-16(17)14-18(21-4)15-10-6-5-7-11-15;1-13(14-9-5-7-11-16(14)20)15-10-6-8-12-17(15)21-18(22)19(2,3)4/h5-13,18,21H,14H2,1-4H3,(H,22,23);5-13H,1-4H3,(H,21,22). The summed E-state index contributed by atoms with van der Waals surface area (Å²) in [6.45, 7) is 13.6. The fraction of sp³-hybridized carbons (Fsp3) is 0.333. The molecule has 0 aliphatic carbocycles. The monoisotopic (exact) mass is 625 g/mol. The molecule has 0 fully saturated rings. The molecule has 5 nitrogen and oxygen atoms in total. The molecule has 2 amide bonds. The highest BCUT2D eigenvalue weighted by Crippen LogP contribution is 2.34. The first kappa shape index (κ1) is 35.5. The van der Waals surface area contributed by atoms with Crippen molar-refractivity contribution in [2.45, 2.75) is 66.8 Å². The summed E-state index contributed by atoms with van der Waals surface area (Å²) in [5, 5.41) is 10.2. The van der Waals surface area contributed by atoms with Crippen molar-refractivity contribution in [2.75, 3.05) is 17.7 Å². The predicted octanol–water partition coefficient (Wildman–Crippen LogP) is 9.65. The molecule has 4 aromatic rings. The molecular weight excluding hydrogens is 578 g/mol. The zero-order valence-electron chi connectivity index (χ0n) is 27.9. The minimum Gasteiger partial charge on any atom is -0.325 e. The lowest BCUT2D eigenvalue weighted by atomic mass is 9.90. The minimum atomic E-state index is -0.430. The van der Waals surface area contributed by atoms with Crippen LogP contribution in [0.1, 0.15) is 82.7 Å². The molecule has 0 saturated heterocycles. The fourth-order valence-corrected chi connectivity index (χ4v) is 5.01. The van der Waals surface area contributed by atoms with Crippen LogP contribution in [0.5, 0.6) is 0 Å². The van der Waals surface area contributed by atoms with Gasteiger partial charge < -0.3 is 16.0 Å². The summed E-state index contributed by atoms with van der Waals surface area (Å²) in [6.07, 6.45) is 0.821. The van der Waals surface area contributed by atoms with Gasteiger partial charge in [0.15, 0.2) is 0 Å². The first-order valence-electron chi connectivity index (χ1n) is 15.5. The lowest BCUT2D eigenvalue weighted by molar-refractivity contribution is -0.123. The van der Waals surface area contributed by atoms with E-state index in [1.54, 1.807) is 0 Å². The van der Waals surface area contributed by atoms with E-state index in [0.717, 1.165) is 39.5 Å². The van der Waals surface area contributed by atoms with Crippen molar-refractivity contribution in [3.05, 3.63) is 130 Å². The van der Waals surface area contributed by atoms with E-state index >= 15 is 0 Å². The molecule has 0 aromatic heterocycles. The molecule has 3 N–H and O–H groups in total. The van der Waals surface area contributed by atoms with Crippen molar-refractivity contribution < 1.29 is 9.59 Å². The number of amides is 2. The molecule has 0 bridgehead atoms. The summed E-state index contributed by atoms with van der Waals surface area (Å²) >= 11 is 6.31. The zero-order chi connectivity index (χ0) is 33.2. The minimum absolute atomic E-state index is 0.00584. The van der Waals surface area contributed by atoms with Gasteiger partial charge in [-0.25, -0.2) is 0 Å². The summed E-state index contributed by atoms with van der Waals surface area (Å²) < 4.78 is 0. The number of benzene rings is 4. The van der Waals surface area contributed by atoms with E-state index in [-0.39, 0.29) is 23.8 Å². The second-order valence-electron chi connectivity index (χ2n) is 13.4. The molecule has 2 atom stereocenters. The number of halogens is 1. The Balaban J connectivity index is 0.000000246. The second-order valence-corrected chi connectivity index (χ2v) is 13.8. The van der Waals surface area contributed by atoms with Gasteiger partial charge in [-0.1, -0.05) is 145 Å². The van der Waals surface area contributed by atoms with E-state index < -0.39 is 10.8 Å². The van der Waals surface area contributed by atoms with Gasteiger partial charge in [0.05, 0.1) is 0 Å². The Morgan fingerprint density at radius 3 is 1.67 bits per heavy atom. The number of hydrogen-bond donors (Lipinski definition) is 3. The van der Waals surface area contributed by atoms with Crippen molar-refractivity contribution in [2.24, 2.45) is 10.8 Å². The molecule has 0 aliphatic rings. The van der Waals surface area contributed by atoms with Gasteiger partial charge in [0, 0.05) is 39.2 Å². The van der Waals surface area contributed by atoms with Gasteiger partial charge in [-0.05, 0) is 53.9 Å². The molecule has 45 heavy (non-hydrogen) atoms. The van der Waals surface area contributed by atoms with E-state index in [1.807, 2.05) is 134 Å². The number of carbonyl (C=O) groups excluding carboxylic acids is 2. The van der Waals surface area contributed by atoms with Crippen LogP contribution in [0.3, 0.4) is 0 Å². The maximum Gasteiger partial charge on any atom is 0.229 e. The molecule has 0 saturated carbocycles. The molecule has 238 valence electrons. The van der Waals surface area contributed by atoms with Crippen LogP contribution in [0, 0.1) is 10.8 Å². The van der Waals surface area contributed by atoms with Gasteiger partial charge in [-0.3, -0.25) is 9.59 Å². The molecular formula is C39H48ClN3O2. The van der Waals surface area contributed by atoms with E-state index in [1.165, 1.54) is 5.56 Å². The number of anilines is 2. The summed E-state index contributed by atoms with van der Waals surface area (Å²) in [5.41, 5.74) is 5.39. The smallest absolute Gasteiger partial charge is 0.229 e. The second kappa shape index (κ2) is 15.9. The normalized spacial score (nSPS) is 12.7. The van der Waals surface area contributed by atoms with Crippen molar-refractivity contribution in [1.29, 1.82) is 0 Å². The van der Waals surface area contributed by atoms with Crippen LogP contribution < -0.4 is 16.0 Å². The van der Waals surface area contributed by atoms with Crippen molar-refractivity contribution in [3.8, 4) is 0 Å². The number of likely N-dealkylation sites (N-methyl/N-ethyl adjacent to an activating group) is 1. The van der Waals surface area contributed by atoms with Crippen LogP contribution in [0.2, 0.25) is 5.02 Å². The van der Waals surface area contributed by atoms with E-state index in [9.17, 15) is 9.59 Å². The maximum atomic E-state index is 12.3. The zero-order valence-corrected chi connectivity index (χ0v) is 28.6. The first-order chi connectivity index (χ1) is 21.2. The lowest BCUT2D eigenvalue weighted by Crippen LogP contribution is -2.28. The SMILES string of the molecule is CC(c1ccccc1Cl)c1ccccc1NC(=O)C(C)(C)C.CNC(Cc1ccccc1NC(=O)C(C)(C)C)c1ccccc1. The molecule has 4 rings (SSSR count). The maximum absolute atomic E-state index is 12.3. The number of rotatable bonds is 8. The Kier molecular flexibility index (Phi) is 12.5. The predicted molar refractivity (Wildman–Crippen MR) is 190 cm³/mol. The van der Waals surface area contributed by atoms with Crippen LogP contribution in [-0.2, 0) is 16.0 Å². The van der Waals surface area contributed by atoms with Crippen molar-refractivity contribution in [1.82, 2.24) is 5.32 Å².